The molecule has 6 aliphatic rings. The molecule has 3 heterocycles. The molecule has 77 heavy (non-hydrogen) atoms. The topological polar surface area (TPSA) is 6.48 Å². The first kappa shape index (κ1) is 52.9. The highest BCUT2D eigenvalue weighted by Crippen LogP contribution is 2.68. The molecular formula is C73H91BN2S. The zero-order chi connectivity index (χ0) is 55.5. The third kappa shape index (κ3) is 7.64. The lowest BCUT2D eigenvalue weighted by Gasteiger charge is -2.62. The molecular weight excluding hydrogens is 948 g/mol. The Labute approximate surface area is 470 Å². The van der Waals surface area contributed by atoms with Gasteiger partial charge in [0, 0.05) is 44.4 Å². The second-order valence-electron chi connectivity index (χ2n) is 31.7. The van der Waals surface area contributed by atoms with Gasteiger partial charge in [-0.15, -0.1) is 11.3 Å². The van der Waals surface area contributed by atoms with Gasteiger partial charge in [0.05, 0.1) is 10.7 Å². The summed E-state index contributed by atoms with van der Waals surface area (Å²) in [6.07, 6.45) is 9.96. The quantitative estimate of drug-likeness (QED) is 0.163. The number of benzene rings is 5. The van der Waals surface area contributed by atoms with Crippen molar-refractivity contribution in [3.8, 4) is 11.1 Å². The van der Waals surface area contributed by atoms with Crippen LogP contribution < -0.4 is 20.7 Å². The number of thiophene rings is 1. The minimum absolute atomic E-state index is 0.000657. The van der Waals surface area contributed by atoms with Crippen molar-refractivity contribution in [3.63, 3.8) is 0 Å². The summed E-state index contributed by atoms with van der Waals surface area (Å²) in [5, 5.41) is 2.80. The van der Waals surface area contributed by atoms with Crippen LogP contribution in [0.5, 0.6) is 0 Å². The Kier molecular flexibility index (Phi) is 11.3. The van der Waals surface area contributed by atoms with Gasteiger partial charge in [-0.2, -0.15) is 0 Å². The molecule has 402 valence electrons. The molecule has 12 rings (SSSR count). The SMILES string of the molecule is Cc1cc2c3c(c1)N(c1ccc4c(c1)C(C)(C)CCC4(C)C)c1sc4ccc(C(C)(C)C)cc4c1B3C1=C([C@H](C)C3(C)C(=C1)C(C)(C)CCC3(C)C)N2c1cc2c(cc1-c1ccc(C(C)(C)C)cc1)C(C)(C)CCC2(C)C. The summed E-state index contributed by atoms with van der Waals surface area (Å²) in [6, 6.07) is 35.5. The van der Waals surface area contributed by atoms with Gasteiger partial charge in [-0.05, 0) is 198 Å². The average Bonchev–Trinajstić information content (AvgIpc) is 3.76. The van der Waals surface area contributed by atoms with Crippen LogP contribution in [0.3, 0.4) is 0 Å². The Morgan fingerprint density at radius 2 is 1.05 bits per heavy atom. The molecule has 5 aromatic carbocycles. The van der Waals surface area contributed by atoms with E-state index in [1.54, 1.807) is 5.57 Å². The van der Waals surface area contributed by atoms with Crippen LogP contribution in [0.25, 0.3) is 21.2 Å². The number of anilines is 5. The van der Waals surface area contributed by atoms with Gasteiger partial charge < -0.3 is 9.80 Å². The molecule has 1 aromatic heterocycles. The number of rotatable bonds is 3. The zero-order valence-corrected chi connectivity index (χ0v) is 52.2. The predicted octanol–water partition coefficient (Wildman–Crippen LogP) is 19.9. The van der Waals surface area contributed by atoms with Gasteiger partial charge in [0.1, 0.15) is 0 Å². The molecule has 0 N–H and O–H groups in total. The van der Waals surface area contributed by atoms with E-state index in [4.69, 9.17) is 0 Å². The van der Waals surface area contributed by atoms with E-state index in [0.29, 0.717) is 0 Å². The summed E-state index contributed by atoms with van der Waals surface area (Å²) in [4.78, 5) is 5.66. The van der Waals surface area contributed by atoms with Crippen molar-refractivity contribution < 1.29 is 0 Å². The van der Waals surface area contributed by atoms with Gasteiger partial charge in [-0.25, -0.2) is 0 Å². The van der Waals surface area contributed by atoms with Gasteiger partial charge in [-0.3, -0.25) is 0 Å². The van der Waals surface area contributed by atoms with E-state index < -0.39 is 0 Å². The molecule has 2 atom stereocenters. The summed E-state index contributed by atoms with van der Waals surface area (Å²) < 4.78 is 1.38. The molecule has 2 aliphatic heterocycles. The first-order chi connectivity index (χ1) is 35.6. The monoisotopic (exact) mass is 1040 g/mol. The highest BCUT2D eigenvalue weighted by atomic mass is 32.1. The fourth-order valence-corrected chi connectivity index (χ4v) is 17.3. The molecule has 0 radical (unpaired) electrons. The first-order valence-corrected chi connectivity index (χ1v) is 30.6. The Morgan fingerprint density at radius 3 is 1.65 bits per heavy atom. The highest BCUT2D eigenvalue weighted by Gasteiger charge is 2.60. The molecule has 1 fully saturated rings. The van der Waals surface area contributed by atoms with Crippen molar-refractivity contribution in [2.45, 2.75) is 216 Å². The summed E-state index contributed by atoms with van der Waals surface area (Å²) >= 11 is 2.02. The third-order valence-electron chi connectivity index (χ3n) is 22.0. The van der Waals surface area contributed by atoms with Crippen molar-refractivity contribution in [1.29, 1.82) is 0 Å². The molecule has 1 unspecified atom stereocenters. The van der Waals surface area contributed by atoms with Crippen LogP contribution in [0, 0.1) is 29.1 Å². The van der Waals surface area contributed by atoms with E-state index in [2.05, 4.69) is 246 Å². The summed E-state index contributed by atoms with van der Waals surface area (Å²) in [5.74, 6) is 0.212. The minimum atomic E-state index is -0.0939. The smallest absolute Gasteiger partial charge is 0.253 e. The van der Waals surface area contributed by atoms with Gasteiger partial charge in [0.25, 0.3) is 6.71 Å². The number of hydrogen-bond donors (Lipinski definition) is 0. The number of fused-ring (bicyclic) bond motifs is 8. The Balaban J connectivity index is 1.25. The van der Waals surface area contributed by atoms with Crippen LogP contribution in [-0.4, -0.2) is 6.71 Å². The van der Waals surface area contributed by atoms with Crippen LogP contribution in [-0.2, 0) is 32.5 Å². The molecule has 0 amide bonds. The lowest BCUT2D eigenvalue weighted by atomic mass is 9.30. The summed E-state index contributed by atoms with van der Waals surface area (Å²) in [5.41, 5.74) is 26.0. The van der Waals surface area contributed by atoms with Crippen LogP contribution in [0.15, 0.2) is 108 Å². The molecule has 0 bridgehead atoms. The van der Waals surface area contributed by atoms with Crippen molar-refractivity contribution in [2.75, 3.05) is 9.80 Å². The Morgan fingerprint density at radius 1 is 0.519 bits per heavy atom. The molecule has 0 spiro atoms. The van der Waals surface area contributed by atoms with Crippen LogP contribution in [0.4, 0.5) is 27.8 Å². The molecule has 4 aliphatic carbocycles. The third-order valence-corrected chi connectivity index (χ3v) is 23.1. The molecule has 0 saturated heterocycles. The fourth-order valence-electron chi connectivity index (χ4n) is 16.1. The van der Waals surface area contributed by atoms with Gasteiger partial charge >= 0.3 is 0 Å². The normalized spacial score (nSPS) is 24.1. The van der Waals surface area contributed by atoms with Gasteiger partial charge in [0.2, 0.25) is 0 Å². The second-order valence-corrected chi connectivity index (χ2v) is 32.7. The maximum atomic E-state index is 2.90. The second kappa shape index (κ2) is 16.4. The largest absolute Gasteiger partial charge is 0.314 e. The molecule has 4 heteroatoms. The van der Waals surface area contributed by atoms with Crippen molar-refractivity contribution in [3.05, 3.63) is 147 Å². The van der Waals surface area contributed by atoms with Crippen LogP contribution in [0.1, 0.15) is 216 Å². The molecule has 2 nitrogen and oxygen atoms in total. The van der Waals surface area contributed by atoms with Crippen molar-refractivity contribution in [1.82, 2.24) is 0 Å². The Bertz CT molecular complexity index is 3550. The van der Waals surface area contributed by atoms with Gasteiger partial charge in [0.15, 0.2) is 0 Å². The predicted molar refractivity (Wildman–Crippen MR) is 337 cm³/mol. The maximum Gasteiger partial charge on any atom is 0.253 e. The molecule has 6 aromatic rings. The lowest BCUT2D eigenvalue weighted by molar-refractivity contribution is 0.00510. The summed E-state index contributed by atoms with van der Waals surface area (Å²) in [7, 11) is 0. The minimum Gasteiger partial charge on any atom is -0.314 e. The molecule has 1 saturated carbocycles. The van der Waals surface area contributed by atoms with Crippen molar-refractivity contribution in [2.24, 2.45) is 22.2 Å². The van der Waals surface area contributed by atoms with E-state index in [9.17, 15) is 0 Å². The Hall–Kier alpha value is -4.80. The van der Waals surface area contributed by atoms with Gasteiger partial charge in [-0.1, -0.05) is 193 Å². The van der Waals surface area contributed by atoms with Crippen molar-refractivity contribution >= 4 is 66.8 Å². The van der Waals surface area contributed by atoms with E-state index in [1.807, 2.05) is 11.3 Å². The van der Waals surface area contributed by atoms with E-state index in [1.165, 1.54) is 149 Å². The first-order valence-electron chi connectivity index (χ1n) is 29.8. The summed E-state index contributed by atoms with van der Waals surface area (Å²) in [6.45, 7) is 52.3. The zero-order valence-electron chi connectivity index (χ0n) is 51.4. The maximum absolute atomic E-state index is 2.90. The van der Waals surface area contributed by atoms with Crippen LogP contribution in [0.2, 0.25) is 0 Å². The van der Waals surface area contributed by atoms with E-state index in [-0.39, 0.29) is 61.4 Å². The van der Waals surface area contributed by atoms with Crippen LogP contribution >= 0.6 is 11.3 Å². The highest BCUT2D eigenvalue weighted by molar-refractivity contribution is 7.26. The number of nitrogens with zero attached hydrogens (tertiary/aromatic N) is 2. The fraction of sp³-hybridized carbons (Fsp3) is 0.507. The number of allylic oxidation sites excluding steroid dienone is 4. The average molecular weight is 1040 g/mol. The van der Waals surface area contributed by atoms with E-state index in [0.717, 1.165) is 0 Å². The number of hydrogen-bond acceptors (Lipinski definition) is 3. The number of aryl methyl sites for hydroxylation is 1. The lowest BCUT2D eigenvalue weighted by Crippen LogP contribution is -2.60. The standard InChI is InChI=1S/C73H91BN2S/c1-43-36-57-62-58(37-43)76(56-41-54-53(69(13,14)32-33-70(54,15)16)40-49(56)45-22-24-46(25-23-45)65(3,4)5)63-44(2)73(21)60(71(17,18)34-35-72(73,19)20)42-55(63)74(62)61-50-38-47(66(6,7)8)26-29-59(50)77-64(61)75(57)48-27-28-51-52(39-48)68(11,12)31-30-67(51,9)10/h22-29,36-42,44H,30-35H2,1-21H3/t44-,73?/m0/s1. The van der Waals surface area contributed by atoms with E-state index >= 15 is 0 Å².